The van der Waals surface area contributed by atoms with Crippen LogP contribution in [0.3, 0.4) is 0 Å². The van der Waals surface area contributed by atoms with E-state index in [0.29, 0.717) is 0 Å². The smallest absolute Gasteiger partial charge is 0.148 e. The highest BCUT2D eigenvalue weighted by molar-refractivity contribution is 8.26. The Balaban J connectivity index is 1.66. The van der Waals surface area contributed by atoms with Gasteiger partial charge in [-0.15, -0.1) is 0 Å². The van der Waals surface area contributed by atoms with E-state index in [-0.39, 0.29) is 0 Å². The van der Waals surface area contributed by atoms with Crippen molar-refractivity contribution in [2.45, 2.75) is 0 Å². The van der Waals surface area contributed by atoms with E-state index >= 15 is 0 Å². The van der Waals surface area contributed by atoms with Crippen LogP contribution in [-0.4, -0.2) is 9.97 Å². The number of benzene rings is 3. The van der Waals surface area contributed by atoms with Crippen molar-refractivity contribution in [2.75, 3.05) is 0 Å². The molecule has 0 atom stereocenters. The Labute approximate surface area is 201 Å². The molecule has 7 rings (SSSR count). The van der Waals surface area contributed by atoms with E-state index in [0.717, 1.165) is 61.2 Å². The lowest BCUT2D eigenvalue weighted by Gasteiger charge is -2.39. The van der Waals surface area contributed by atoms with Gasteiger partial charge in [-0.2, -0.15) is 0 Å². The number of fused-ring (bicyclic) bond motifs is 4. The molecule has 4 heterocycles. The van der Waals surface area contributed by atoms with Crippen LogP contribution < -0.4 is 25.4 Å². The Morgan fingerprint density at radius 1 is 0.588 bits per heavy atom. The van der Waals surface area contributed by atoms with Crippen molar-refractivity contribution in [2.24, 2.45) is 0 Å². The van der Waals surface area contributed by atoms with Crippen LogP contribution in [0.4, 0.5) is 0 Å². The summed E-state index contributed by atoms with van der Waals surface area (Å²) < 4.78 is 13.3. The lowest BCUT2D eigenvalue weighted by atomic mass is 9.97. The monoisotopic (exact) mass is 476 g/mol. The molecule has 4 nitrogen and oxygen atoms in total. The summed E-state index contributed by atoms with van der Waals surface area (Å²) in [6, 6.07) is 24.0. The lowest BCUT2D eigenvalue weighted by molar-refractivity contribution is 0.469. The molecule has 2 aliphatic rings. The maximum absolute atomic E-state index is 6.70. The molecule has 6 heteroatoms. The maximum atomic E-state index is 6.70. The third kappa shape index (κ3) is 2.68. The first-order chi connectivity index (χ1) is 16.7. The van der Waals surface area contributed by atoms with Crippen LogP contribution in [0.2, 0.25) is 0 Å². The molecule has 34 heavy (non-hydrogen) atoms. The fraction of sp³-hybridized carbons (Fsp3) is 0. The summed E-state index contributed by atoms with van der Waals surface area (Å²) in [5.41, 5.74) is 3.98. The highest BCUT2D eigenvalue weighted by Gasteiger charge is 2.44. The predicted octanol–water partition coefficient (Wildman–Crippen LogP) is 5.78. The molecule has 0 bridgehead atoms. The van der Waals surface area contributed by atoms with E-state index in [1.165, 1.54) is 0 Å². The normalized spacial score (nSPS) is 14.1. The van der Waals surface area contributed by atoms with Crippen molar-refractivity contribution < 1.29 is 9.47 Å². The Morgan fingerprint density at radius 2 is 1.03 bits per heavy atom. The molecule has 5 aromatic rings. The fourth-order valence-corrected chi connectivity index (χ4v) is 9.32. The Bertz CT molecular complexity index is 1520. The van der Waals surface area contributed by atoms with Crippen LogP contribution >= 0.6 is 6.04 Å². The first-order valence-corrected chi connectivity index (χ1v) is 13.7. The van der Waals surface area contributed by atoms with Crippen molar-refractivity contribution in [1.29, 1.82) is 0 Å². The number of para-hydroxylation sites is 2. The molecule has 0 spiro atoms. The fourth-order valence-electron chi connectivity index (χ4n) is 4.82. The molecule has 3 aromatic carbocycles. The second-order valence-electron chi connectivity index (χ2n) is 8.20. The zero-order valence-corrected chi connectivity index (χ0v) is 19.6. The number of ether oxygens (including phenoxy) is 2. The first-order valence-electron chi connectivity index (χ1n) is 10.9. The maximum Gasteiger partial charge on any atom is 0.148 e. The van der Waals surface area contributed by atoms with Gasteiger partial charge in [0.2, 0.25) is 0 Å². The van der Waals surface area contributed by atoms with Crippen molar-refractivity contribution in [3.05, 3.63) is 104 Å². The third-order valence-electron chi connectivity index (χ3n) is 6.34. The molecular weight excluding hydrogens is 459 g/mol. The third-order valence-corrected chi connectivity index (χ3v) is 11.2. The van der Waals surface area contributed by atoms with Crippen LogP contribution in [0, 0.1) is 0 Å². The van der Waals surface area contributed by atoms with Gasteiger partial charge in [0.25, 0.3) is 0 Å². The molecular formula is C28H17N2O2PS. The summed E-state index contributed by atoms with van der Waals surface area (Å²) in [4.78, 5) is 8.43. The van der Waals surface area contributed by atoms with Crippen LogP contribution in [0.5, 0.6) is 23.0 Å². The second-order valence-corrected chi connectivity index (χ2v) is 12.5. The predicted molar refractivity (Wildman–Crippen MR) is 139 cm³/mol. The van der Waals surface area contributed by atoms with Gasteiger partial charge in [-0.3, -0.25) is 9.97 Å². The summed E-state index contributed by atoms with van der Waals surface area (Å²) >= 11 is 6.70. The minimum absolute atomic E-state index is 0.774. The molecule has 2 aliphatic heterocycles. The second kappa shape index (κ2) is 7.36. The summed E-state index contributed by atoms with van der Waals surface area (Å²) in [5, 5.41) is 3.09. The van der Waals surface area contributed by atoms with Gasteiger partial charge in [-0.1, -0.05) is 36.1 Å². The SMILES string of the molecule is S=P12c3ccccc3Oc3c(-c4ccncc4)cc(-c4ccncc4)c(c31)Oc1ccccc12. The minimum Gasteiger partial charge on any atom is -0.455 e. The molecule has 162 valence electrons. The topological polar surface area (TPSA) is 44.2 Å². The van der Waals surface area contributed by atoms with Crippen molar-refractivity contribution in [1.82, 2.24) is 9.97 Å². The van der Waals surface area contributed by atoms with Gasteiger partial charge in [-0.25, -0.2) is 0 Å². The number of aromatic nitrogens is 2. The quantitative estimate of drug-likeness (QED) is 0.296. The number of rotatable bonds is 2. The van der Waals surface area contributed by atoms with Gasteiger partial charge in [0, 0.05) is 46.5 Å². The van der Waals surface area contributed by atoms with Crippen molar-refractivity contribution in [3.8, 4) is 45.3 Å². The first kappa shape index (κ1) is 19.7. The number of hydrogen-bond acceptors (Lipinski definition) is 5. The van der Waals surface area contributed by atoms with E-state index in [9.17, 15) is 0 Å². The van der Waals surface area contributed by atoms with Crippen molar-refractivity contribution >= 4 is 33.8 Å². The zero-order chi connectivity index (χ0) is 22.7. The van der Waals surface area contributed by atoms with Gasteiger partial charge < -0.3 is 9.47 Å². The lowest BCUT2D eigenvalue weighted by Crippen LogP contribution is -2.35. The highest BCUT2D eigenvalue weighted by atomic mass is 32.4. The van der Waals surface area contributed by atoms with Crippen LogP contribution in [0.1, 0.15) is 0 Å². The van der Waals surface area contributed by atoms with E-state index in [1.54, 1.807) is 24.8 Å². The molecule has 0 N–H and O–H groups in total. The Hall–Kier alpha value is -3.79. The Kier molecular flexibility index (Phi) is 4.25. The van der Waals surface area contributed by atoms with E-state index < -0.39 is 6.04 Å². The Morgan fingerprint density at radius 3 is 1.50 bits per heavy atom. The summed E-state index contributed by atoms with van der Waals surface area (Å²) in [7, 11) is 0. The zero-order valence-electron chi connectivity index (χ0n) is 17.9. The van der Waals surface area contributed by atoms with Gasteiger partial charge in [0.1, 0.15) is 23.0 Å². The van der Waals surface area contributed by atoms with Gasteiger partial charge in [-0.05, 0) is 65.7 Å². The largest absolute Gasteiger partial charge is 0.455 e. The molecule has 0 amide bonds. The number of hydrogen-bond donors (Lipinski definition) is 0. The standard InChI is InChI=1S/C28H17N2O2PS/c34-33-24-7-3-1-5-22(24)31-26-20(18-9-13-29-14-10-18)17-21(19-11-15-30-16-12-19)27(28(26)33)32-23-6-2-4-8-25(23)33/h1-17H. The molecule has 0 saturated carbocycles. The summed E-state index contributed by atoms with van der Waals surface area (Å²) in [5.74, 6) is 3.17. The molecule has 0 radical (unpaired) electrons. The summed E-state index contributed by atoms with van der Waals surface area (Å²) in [6.45, 7) is 0. The average Bonchev–Trinajstić information content (AvgIpc) is 2.90. The number of nitrogens with zero attached hydrogens (tertiary/aromatic N) is 2. The van der Waals surface area contributed by atoms with Gasteiger partial charge in [0.15, 0.2) is 0 Å². The number of pyridine rings is 2. The minimum atomic E-state index is -2.46. The summed E-state index contributed by atoms with van der Waals surface area (Å²) in [6.07, 6.45) is 7.19. The van der Waals surface area contributed by atoms with E-state index in [4.69, 9.17) is 21.3 Å². The van der Waals surface area contributed by atoms with Crippen LogP contribution in [0.15, 0.2) is 104 Å². The van der Waals surface area contributed by atoms with Gasteiger partial charge in [0.05, 0.1) is 11.3 Å². The van der Waals surface area contributed by atoms with E-state index in [1.807, 2.05) is 60.7 Å². The van der Waals surface area contributed by atoms with Crippen LogP contribution in [0.25, 0.3) is 22.3 Å². The highest BCUT2D eigenvalue weighted by Crippen LogP contribution is 2.61. The average molecular weight is 476 g/mol. The molecule has 0 fully saturated rings. The van der Waals surface area contributed by atoms with Crippen LogP contribution in [-0.2, 0) is 11.8 Å². The molecule has 0 saturated heterocycles. The molecule has 0 unspecified atom stereocenters. The van der Waals surface area contributed by atoms with Crippen molar-refractivity contribution in [3.63, 3.8) is 0 Å². The molecule has 0 aliphatic carbocycles. The van der Waals surface area contributed by atoms with E-state index in [2.05, 4.69) is 28.2 Å². The van der Waals surface area contributed by atoms with Gasteiger partial charge >= 0.3 is 0 Å². The molecule has 2 aromatic heterocycles.